The molecule has 1 heteroatoms. The Labute approximate surface area is 96.6 Å². The van der Waals surface area contributed by atoms with E-state index in [1.807, 2.05) is 0 Å². The average Bonchev–Trinajstić information content (AvgIpc) is 2.08. The maximum Gasteiger partial charge on any atom is 0.0578 e. The lowest BCUT2D eigenvalue weighted by atomic mass is 9.98. The van der Waals surface area contributed by atoms with Crippen molar-refractivity contribution in [1.82, 2.24) is 0 Å². The zero-order valence-corrected chi connectivity index (χ0v) is 11.5. The molecule has 0 fully saturated rings. The van der Waals surface area contributed by atoms with Crippen molar-refractivity contribution in [2.75, 3.05) is 0 Å². The summed E-state index contributed by atoms with van der Waals surface area (Å²) >= 11 is 0. The van der Waals surface area contributed by atoms with Crippen LogP contribution in [0.4, 0.5) is 0 Å². The summed E-state index contributed by atoms with van der Waals surface area (Å²) in [5, 5.41) is 0. The fourth-order valence-corrected chi connectivity index (χ4v) is 1.70. The molecule has 0 aliphatic carbocycles. The van der Waals surface area contributed by atoms with Gasteiger partial charge in [0.05, 0.1) is 12.2 Å². The van der Waals surface area contributed by atoms with E-state index in [-0.39, 0.29) is 0 Å². The van der Waals surface area contributed by atoms with Crippen LogP contribution in [0, 0.1) is 11.8 Å². The van der Waals surface area contributed by atoms with Gasteiger partial charge in [0.1, 0.15) is 0 Å². The molecular weight excluding hydrogens is 184 g/mol. The summed E-state index contributed by atoms with van der Waals surface area (Å²) in [6, 6.07) is 0. The van der Waals surface area contributed by atoms with Gasteiger partial charge in [0.15, 0.2) is 0 Å². The summed E-state index contributed by atoms with van der Waals surface area (Å²) in [6.07, 6.45) is 5.87. The van der Waals surface area contributed by atoms with Crippen molar-refractivity contribution in [2.24, 2.45) is 11.8 Å². The predicted molar refractivity (Wildman–Crippen MR) is 68.2 cm³/mol. The Morgan fingerprint density at radius 2 is 1.07 bits per heavy atom. The maximum absolute atomic E-state index is 5.95. The van der Waals surface area contributed by atoms with Gasteiger partial charge in [-0.25, -0.2) is 0 Å². The van der Waals surface area contributed by atoms with Gasteiger partial charge in [-0.2, -0.15) is 0 Å². The van der Waals surface area contributed by atoms with E-state index < -0.39 is 0 Å². The second kappa shape index (κ2) is 8.15. The normalized spacial score (nSPS) is 12.4. The molecule has 0 amide bonds. The van der Waals surface area contributed by atoms with E-state index in [4.69, 9.17) is 4.74 Å². The molecule has 0 unspecified atom stereocenters. The second-order valence-corrected chi connectivity index (χ2v) is 5.75. The minimum Gasteiger partial charge on any atom is -0.376 e. The topological polar surface area (TPSA) is 9.23 Å². The van der Waals surface area contributed by atoms with Crippen LogP contribution < -0.4 is 0 Å². The fourth-order valence-electron chi connectivity index (χ4n) is 1.70. The van der Waals surface area contributed by atoms with Crippen molar-refractivity contribution >= 4 is 0 Å². The van der Waals surface area contributed by atoms with Gasteiger partial charge in [0.2, 0.25) is 0 Å². The molecular formula is C14H30O. The van der Waals surface area contributed by atoms with E-state index in [9.17, 15) is 0 Å². The Balaban J connectivity index is 3.84. The zero-order chi connectivity index (χ0) is 11.8. The molecule has 0 aromatic carbocycles. The third kappa shape index (κ3) is 10.2. The third-order valence-electron chi connectivity index (χ3n) is 2.60. The van der Waals surface area contributed by atoms with Gasteiger partial charge in [-0.1, -0.05) is 27.7 Å². The highest BCUT2D eigenvalue weighted by atomic mass is 16.5. The Kier molecular flexibility index (Phi) is 8.13. The van der Waals surface area contributed by atoms with Crippen LogP contribution in [0.3, 0.4) is 0 Å². The van der Waals surface area contributed by atoms with Gasteiger partial charge in [0, 0.05) is 0 Å². The molecule has 0 heterocycles. The first-order chi connectivity index (χ1) is 6.91. The lowest BCUT2D eigenvalue weighted by molar-refractivity contribution is -0.00657. The van der Waals surface area contributed by atoms with Crippen LogP contribution in [0.1, 0.15) is 67.2 Å². The largest absolute Gasteiger partial charge is 0.376 e. The molecule has 15 heavy (non-hydrogen) atoms. The van der Waals surface area contributed by atoms with Gasteiger partial charge in [0.25, 0.3) is 0 Å². The predicted octanol–water partition coefficient (Wildman–Crippen LogP) is 4.65. The second-order valence-electron chi connectivity index (χ2n) is 5.75. The SMILES string of the molecule is CC(C)CCC(CCC(C)C)OC(C)C. The molecule has 1 nitrogen and oxygen atoms in total. The van der Waals surface area contributed by atoms with Gasteiger partial charge in [-0.15, -0.1) is 0 Å². The van der Waals surface area contributed by atoms with Crippen molar-refractivity contribution in [2.45, 2.75) is 79.4 Å². The molecule has 0 aliphatic rings. The Morgan fingerprint density at radius 3 is 1.33 bits per heavy atom. The van der Waals surface area contributed by atoms with E-state index in [0.717, 1.165) is 11.8 Å². The smallest absolute Gasteiger partial charge is 0.0578 e. The highest BCUT2D eigenvalue weighted by Gasteiger charge is 2.12. The van der Waals surface area contributed by atoms with Crippen LogP contribution in [0.2, 0.25) is 0 Å². The molecule has 92 valence electrons. The summed E-state index contributed by atoms with van der Waals surface area (Å²) in [7, 11) is 0. The van der Waals surface area contributed by atoms with Crippen LogP contribution in [0.15, 0.2) is 0 Å². The van der Waals surface area contributed by atoms with Crippen LogP contribution >= 0.6 is 0 Å². The summed E-state index contributed by atoms with van der Waals surface area (Å²) < 4.78 is 5.95. The first-order valence-electron chi connectivity index (χ1n) is 6.57. The number of rotatable bonds is 8. The molecule has 0 N–H and O–H groups in total. The molecule has 0 spiro atoms. The summed E-state index contributed by atoms with van der Waals surface area (Å²) in [4.78, 5) is 0. The minimum absolute atomic E-state index is 0.370. The summed E-state index contributed by atoms with van der Waals surface area (Å²) in [6.45, 7) is 13.4. The fraction of sp³-hybridized carbons (Fsp3) is 1.00. The average molecular weight is 214 g/mol. The standard InChI is InChI=1S/C14H30O/c1-11(2)7-9-14(15-13(5)6)10-8-12(3)4/h11-14H,7-10H2,1-6H3. The van der Waals surface area contributed by atoms with Gasteiger partial charge >= 0.3 is 0 Å². The Bertz CT molecular complexity index is 126. The maximum atomic E-state index is 5.95. The first-order valence-corrected chi connectivity index (χ1v) is 6.57. The molecule has 0 aromatic rings. The quantitative estimate of drug-likeness (QED) is 0.571. The van der Waals surface area contributed by atoms with Gasteiger partial charge in [-0.3, -0.25) is 0 Å². The highest BCUT2D eigenvalue weighted by Crippen LogP contribution is 2.18. The van der Waals surface area contributed by atoms with Crippen LogP contribution in [0.25, 0.3) is 0 Å². The number of hydrogen-bond acceptors (Lipinski definition) is 1. The first kappa shape index (κ1) is 15.0. The molecule has 0 radical (unpaired) electrons. The van der Waals surface area contributed by atoms with E-state index in [1.54, 1.807) is 0 Å². The monoisotopic (exact) mass is 214 g/mol. The molecule has 0 aliphatic heterocycles. The van der Waals surface area contributed by atoms with E-state index >= 15 is 0 Å². The van der Waals surface area contributed by atoms with Gasteiger partial charge in [-0.05, 0) is 51.4 Å². The van der Waals surface area contributed by atoms with Crippen molar-refractivity contribution in [1.29, 1.82) is 0 Å². The van der Waals surface area contributed by atoms with E-state index in [2.05, 4.69) is 41.5 Å². The van der Waals surface area contributed by atoms with E-state index in [0.29, 0.717) is 12.2 Å². The lowest BCUT2D eigenvalue weighted by Gasteiger charge is -2.22. The summed E-state index contributed by atoms with van der Waals surface area (Å²) in [5.41, 5.74) is 0. The van der Waals surface area contributed by atoms with E-state index in [1.165, 1.54) is 25.7 Å². The molecule has 0 saturated carbocycles. The van der Waals surface area contributed by atoms with Crippen LogP contribution in [0.5, 0.6) is 0 Å². The highest BCUT2D eigenvalue weighted by molar-refractivity contribution is 4.63. The molecule has 0 saturated heterocycles. The minimum atomic E-state index is 0.370. The third-order valence-corrected chi connectivity index (χ3v) is 2.60. The van der Waals surface area contributed by atoms with Crippen molar-refractivity contribution in [3.8, 4) is 0 Å². The number of ether oxygens (including phenoxy) is 1. The van der Waals surface area contributed by atoms with Crippen molar-refractivity contribution in [3.63, 3.8) is 0 Å². The summed E-state index contributed by atoms with van der Waals surface area (Å²) in [5.74, 6) is 1.59. The Hall–Kier alpha value is -0.0400. The molecule has 0 atom stereocenters. The van der Waals surface area contributed by atoms with Crippen LogP contribution in [-0.4, -0.2) is 12.2 Å². The molecule has 0 bridgehead atoms. The van der Waals surface area contributed by atoms with Crippen LogP contribution in [-0.2, 0) is 4.74 Å². The van der Waals surface area contributed by atoms with Gasteiger partial charge < -0.3 is 4.74 Å². The van der Waals surface area contributed by atoms with Crippen molar-refractivity contribution < 1.29 is 4.74 Å². The number of hydrogen-bond donors (Lipinski definition) is 0. The molecule has 0 rings (SSSR count). The Morgan fingerprint density at radius 1 is 0.667 bits per heavy atom. The molecule has 0 aromatic heterocycles. The lowest BCUT2D eigenvalue weighted by Crippen LogP contribution is -2.19. The zero-order valence-electron chi connectivity index (χ0n) is 11.5. The van der Waals surface area contributed by atoms with Crippen molar-refractivity contribution in [3.05, 3.63) is 0 Å².